The van der Waals surface area contributed by atoms with Gasteiger partial charge in [-0.05, 0) is 52.8 Å². The molecule has 0 aliphatic heterocycles. The van der Waals surface area contributed by atoms with Crippen LogP contribution in [0.15, 0.2) is 79.1 Å². The van der Waals surface area contributed by atoms with Crippen LogP contribution in [0.1, 0.15) is 107 Å². The largest absolute Gasteiger partial charge is 1.00 e. The Balaban J connectivity index is 0.000000970. The number of hydrogen-bond acceptors (Lipinski definition) is 0. The van der Waals surface area contributed by atoms with Crippen molar-refractivity contribution in [3.8, 4) is 11.4 Å². The fraction of sp³-hybridized carbons (Fsp3) is 0.475. The summed E-state index contributed by atoms with van der Waals surface area (Å²) >= 11 is 0. The first-order valence-electron chi connectivity index (χ1n) is 16.9. The first kappa shape index (κ1) is 46.4. The van der Waals surface area contributed by atoms with E-state index in [-0.39, 0.29) is 68.5 Å². The summed E-state index contributed by atoms with van der Waals surface area (Å²) in [5.41, 5.74) is 9.37. The number of nitrogens with zero attached hydrogens (tertiary/aromatic N) is 3. The molecule has 0 saturated carbocycles. The van der Waals surface area contributed by atoms with Crippen LogP contribution < -0.4 is 56.0 Å². The predicted octanol–water partition coefficient (Wildman–Crippen LogP) is 9.07. The number of aromatic nitrogens is 2. The normalized spacial score (nSPS) is 11.4. The molecule has 0 amide bonds. The van der Waals surface area contributed by atoms with Gasteiger partial charge in [0, 0.05) is 29.5 Å². The van der Waals surface area contributed by atoms with Gasteiger partial charge in [0.2, 0.25) is 0 Å². The van der Waals surface area contributed by atoms with Crippen LogP contribution in [0.4, 0.5) is 0 Å². The van der Waals surface area contributed by atoms with E-state index >= 15 is 0 Å². The van der Waals surface area contributed by atoms with Crippen molar-refractivity contribution in [1.82, 2.24) is 4.57 Å². The number of aryl methyl sites for hydroxylation is 1. The maximum atomic E-state index is 4.82. The van der Waals surface area contributed by atoms with Crippen molar-refractivity contribution in [1.29, 1.82) is 0 Å². The van der Waals surface area contributed by atoms with E-state index in [1.165, 1.54) is 39.2 Å². The second-order valence-corrected chi connectivity index (χ2v) is 25.0. The monoisotopic (exact) mass is 735 g/mol. The first-order valence-corrected chi connectivity index (χ1v) is 23.8. The van der Waals surface area contributed by atoms with Crippen LogP contribution in [-0.4, -0.2) is 21.0 Å². The molecule has 0 atom stereocenters. The second-order valence-electron chi connectivity index (χ2n) is 15.4. The molecule has 0 unspecified atom stereocenters. The van der Waals surface area contributed by atoms with Gasteiger partial charge in [-0.1, -0.05) is 183 Å². The molecule has 0 bridgehead atoms. The Morgan fingerprint density at radius 2 is 0.979 bits per heavy atom. The van der Waals surface area contributed by atoms with E-state index in [0.29, 0.717) is 23.7 Å². The Bertz CT molecular complexity index is 1320. The van der Waals surface area contributed by atoms with Gasteiger partial charge in [-0.2, -0.15) is 0 Å². The minimum absolute atomic E-state index is 0. The number of para-hydroxylation sites is 2. The molecule has 0 saturated heterocycles. The van der Waals surface area contributed by atoms with E-state index in [4.69, 9.17) is 4.65 Å². The SMILES string of the molecule is CC(C)c1cccc(C(C)C)c1-n1[c-][n+](-c2c(C(C)C)cccc2C(C)C)cc1.C[Si](C)(C)[N-][Si](C)(C)C.Cc1ccccc1.[Fe].[K+]. The summed E-state index contributed by atoms with van der Waals surface area (Å²) in [6.07, 6.45) is 7.98. The van der Waals surface area contributed by atoms with Crippen molar-refractivity contribution in [2.75, 3.05) is 0 Å². The van der Waals surface area contributed by atoms with Crippen LogP contribution in [0, 0.1) is 13.3 Å². The van der Waals surface area contributed by atoms with Gasteiger partial charge in [0.25, 0.3) is 6.33 Å². The average Bonchev–Trinajstić information content (AvgIpc) is 3.41. The summed E-state index contributed by atoms with van der Waals surface area (Å²) in [7, 11) is -2.21. The molecular formula is C40H62FeKN3Si2. The molecule has 0 aliphatic rings. The van der Waals surface area contributed by atoms with E-state index in [1.807, 2.05) is 18.2 Å². The number of imidazole rings is 1. The molecule has 4 rings (SSSR count). The zero-order valence-electron chi connectivity index (χ0n) is 32.5. The smallest absolute Gasteiger partial charge is 0.668 e. The topological polar surface area (TPSA) is 22.9 Å². The van der Waals surface area contributed by atoms with Crippen molar-refractivity contribution < 1.29 is 73.0 Å². The Hall–Kier alpha value is -0.580. The van der Waals surface area contributed by atoms with Crippen molar-refractivity contribution >= 4 is 16.5 Å². The van der Waals surface area contributed by atoms with Crippen LogP contribution in [0.25, 0.3) is 16.0 Å². The maximum Gasteiger partial charge on any atom is 1.00 e. The third-order valence-electron chi connectivity index (χ3n) is 7.36. The summed E-state index contributed by atoms with van der Waals surface area (Å²) in [6.45, 7) is 34.0. The zero-order chi connectivity index (χ0) is 34.1. The fourth-order valence-electron chi connectivity index (χ4n) is 5.69. The molecular weight excluding hydrogens is 674 g/mol. The van der Waals surface area contributed by atoms with E-state index in [9.17, 15) is 0 Å². The molecule has 0 aliphatic carbocycles. The molecule has 254 valence electrons. The van der Waals surface area contributed by atoms with Gasteiger partial charge in [-0.25, -0.2) is 0 Å². The Morgan fingerprint density at radius 1 is 0.596 bits per heavy atom. The third-order valence-corrected chi connectivity index (χ3v) is 12.7. The minimum Gasteiger partial charge on any atom is -0.668 e. The molecule has 3 nitrogen and oxygen atoms in total. The summed E-state index contributed by atoms with van der Waals surface area (Å²) in [4.78, 5) is 0. The molecule has 0 radical (unpaired) electrons. The standard InChI is InChI=1S/C27H36N2.C7H8.C6H18NSi2.Fe.K/c1-18(2)22-11-9-12-23(19(3)4)26(22)28-15-16-29(17-28)27-24(20(5)6)13-10-14-25(27)21(7)8;1-7-5-3-2-4-6-7;1-8(2,3)7-9(4,5)6;;/h9-16,18-21H,1-8H3;2-6H,1H3;1-6H3;;/q;;-1;;+1. The Kier molecular flexibility index (Phi) is 20.7. The van der Waals surface area contributed by atoms with Gasteiger partial charge in [0.15, 0.2) is 0 Å². The van der Waals surface area contributed by atoms with Crippen LogP contribution in [-0.2, 0) is 17.1 Å². The second kappa shape index (κ2) is 20.9. The Morgan fingerprint density at radius 3 is 1.28 bits per heavy atom. The summed E-state index contributed by atoms with van der Waals surface area (Å²) in [5.74, 6) is 1.84. The molecule has 4 aromatic rings. The minimum atomic E-state index is -1.11. The zero-order valence-corrected chi connectivity index (χ0v) is 38.7. The van der Waals surface area contributed by atoms with Crippen molar-refractivity contribution in [3.05, 3.63) is 118 Å². The van der Waals surface area contributed by atoms with E-state index in [0.717, 1.165) is 0 Å². The average molecular weight is 736 g/mol. The number of rotatable bonds is 8. The van der Waals surface area contributed by atoms with Gasteiger partial charge in [0.05, 0.1) is 11.4 Å². The van der Waals surface area contributed by atoms with Crippen molar-refractivity contribution in [2.24, 2.45) is 0 Å². The number of benzene rings is 3. The van der Waals surface area contributed by atoms with Gasteiger partial charge in [-0.15, -0.1) is 0 Å². The van der Waals surface area contributed by atoms with Crippen molar-refractivity contribution in [2.45, 2.75) is 125 Å². The molecule has 3 aromatic carbocycles. The quantitative estimate of drug-likeness (QED) is 0.0980. The summed E-state index contributed by atoms with van der Waals surface area (Å²) in [6, 6.07) is 23.7. The van der Waals surface area contributed by atoms with Crippen LogP contribution >= 0.6 is 0 Å². The molecule has 1 heterocycles. The van der Waals surface area contributed by atoms with E-state index in [2.05, 4.69) is 178 Å². The predicted molar refractivity (Wildman–Crippen MR) is 204 cm³/mol. The van der Waals surface area contributed by atoms with Gasteiger partial charge in [-0.3, -0.25) is 9.13 Å². The van der Waals surface area contributed by atoms with Gasteiger partial charge < -0.3 is 4.65 Å². The molecule has 1 aromatic heterocycles. The molecule has 7 heteroatoms. The molecule has 0 spiro atoms. The van der Waals surface area contributed by atoms with Gasteiger partial charge in [0.1, 0.15) is 0 Å². The molecule has 0 N–H and O–H groups in total. The van der Waals surface area contributed by atoms with Gasteiger partial charge >= 0.3 is 51.4 Å². The van der Waals surface area contributed by atoms with Crippen LogP contribution in [0.3, 0.4) is 0 Å². The van der Waals surface area contributed by atoms with E-state index in [1.54, 1.807) is 0 Å². The van der Waals surface area contributed by atoms with Crippen molar-refractivity contribution in [3.63, 3.8) is 0 Å². The van der Waals surface area contributed by atoms with E-state index < -0.39 is 16.5 Å². The summed E-state index contributed by atoms with van der Waals surface area (Å²) < 4.78 is 9.22. The molecule has 0 fully saturated rings. The van der Waals surface area contributed by atoms with Crippen LogP contribution in [0.2, 0.25) is 39.3 Å². The maximum absolute atomic E-state index is 4.82. The third kappa shape index (κ3) is 15.5. The molecule has 47 heavy (non-hydrogen) atoms. The first-order chi connectivity index (χ1) is 20.8. The fourth-order valence-corrected chi connectivity index (χ4v) is 13.7. The number of hydrogen-bond donors (Lipinski definition) is 0. The Labute approximate surface area is 344 Å². The summed E-state index contributed by atoms with van der Waals surface area (Å²) in [5, 5.41) is 0. The van der Waals surface area contributed by atoms with Crippen LogP contribution in [0.5, 0.6) is 0 Å².